The molecule has 1 aromatic carbocycles. The molecule has 0 radical (unpaired) electrons. The highest BCUT2D eigenvalue weighted by molar-refractivity contribution is 6.74. The molecule has 1 heterocycles. The molecule has 0 atom stereocenters. The second kappa shape index (κ2) is 7.68. The maximum atomic E-state index is 13.1. The Morgan fingerprint density at radius 1 is 1.19 bits per heavy atom. The van der Waals surface area contributed by atoms with Gasteiger partial charge in [-0.1, -0.05) is 26.8 Å². The lowest BCUT2D eigenvalue weighted by Gasteiger charge is -2.36. The van der Waals surface area contributed by atoms with Crippen molar-refractivity contribution in [3.8, 4) is 0 Å². The van der Waals surface area contributed by atoms with Crippen LogP contribution in [0.3, 0.4) is 0 Å². The molecule has 26 heavy (non-hydrogen) atoms. The number of amides is 1. The van der Waals surface area contributed by atoms with Crippen molar-refractivity contribution in [2.45, 2.75) is 45.5 Å². The molecule has 0 unspecified atom stereocenters. The standard InChI is InChI=1S/C20H27FN2O2Si/c1-20(2,3)26(5,6)25-14-15-8-7-13-22-18(15)19(24)23(4)17-11-9-16(21)10-12-17/h7-13H,14H2,1-6H3. The summed E-state index contributed by atoms with van der Waals surface area (Å²) in [5, 5.41) is 0.0876. The summed E-state index contributed by atoms with van der Waals surface area (Å²) in [6.07, 6.45) is 1.60. The zero-order valence-electron chi connectivity index (χ0n) is 16.3. The van der Waals surface area contributed by atoms with Crippen molar-refractivity contribution in [2.24, 2.45) is 0 Å². The fourth-order valence-corrected chi connectivity index (χ4v) is 3.11. The number of nitrogens with zero attached hydrogens (tertiary/aromatic N) is 2. The van der Waals surface area contributed by atoms with Crippen molar-refractivity contribution < 1.29 is 13.6 Å². The maximum absolute atomic E-state index is 13.1. The van der Waals surface area contributed by atoms with Crippen LogP contribution in [-0.2, 0) is 11.0 Å². The van der Waals surface area contributed by atoms with E-state index in [1.165, 1.54) is 17.0 Å². The summed E-state index contributed by atoms with van der Waals surface area (Å²) >= 11 is 0. The number of benzene rings is 1. The molecule has 0 spiro atoms. The summed E-state index contributed by atoms with van der Waals surface area (Å²) in [7, 11) is -0.282. The van der Waals surface area contributed by atoms with Gasteiger partial charge in [0.15, 0.2) is 8.32 Å². The Morgan fingerprint density at radius 2 is 1.81 bits per heavy atom. The summed E-state index contributed by atoms with van der Waals surface area (Å²) in [6.45, 7) is 11.2. The number of pyridine rings is 1. The van der Waals surface area contributed by atoms with Gasteiger partial charge in [-0.3, -0.25) is 9.78 Å². The third kappa shape index (κ3) is 4.56. The molecule has 4 nitrogen and oxygen atoms in total. The van der Waals surface area contributed by atoms with E-state index in [9.17, 15) is 9.18 Å². The van der Waals surface area contributed by atoms with E-state index in [-0.39, 0.29) is 16.8 Å². The predicted octanol–water partition coefficient (Wildman–Crippen LogP) is 5.02. The van der Waals surface area contributed by atoms with Crippen molar-refractivity contribution >= 4 is 19.9 Å². The van der Waals surface area contributed by atoms with Crippen molar-refractivity contribution in [1.29, 1.82) is 0 Å². The summed E-state index contributed by atoms with van der Waals surface area (Å²) in [6, 6.07) is 9.48. The van der Waals surface area contributed by atoms with E-state index >= 15 is 0 Å². The lowest BCUT2D eigenvalue weighted by atomic mass is 10.1. The summed E-state index contributed by atoms with van der Waals surface area (Å²) in [5.74, 6) is -0.582. The maximum Gasteiger partial charge on any atom is 0.276 e. The Bertz CT molecular complexity index is 770. The third-order valence-corrected chi connectivity index (χ3v) is 9.49. The second-order valence-corrected chi connectivity index (χ2v) is 12.7. The lowest BCUT2D eigenvalue weighted by Crippen LogP contribution is -2.40. The number of hydrogen-bond acceptors (Lipinski definition) is 3. The van der Waals surface area contributed by atoms with Gasteiger partial charge in [0.1, 0.15) is 11.5 Å². The van der Waals surface area contributed by atoms with Crippen LogP contribution in [0.25, 0.3) is 0 Å². The average molecular weight is 375 g/mol. The number of carbonyl (C=O) groups excluding carboxylic acids is 1. The van der Waals surface area contributed by atoms with E-state index in [1.54, 1.807) is 31.4 Å². The molecule has 2 rings (SSSR count). The van der Waals surface area contributed by atoms with Crippen LogP contribution in [0.1, 0.15) is 36.8 Å². The van der Waals surface area contributed by atoms with E-state index in [0.717, 1.165) is 5.56 Å². The van der Waals surface area contributed by atoms with Gasteiger partial charge in [-0.15, -0.1) is 0 Å². The van der Waals surface area contributed by atoms with Crippen LogP contribution < -0.4 is 4.90 Å². The smallest absolute Gasteiger partial charge is 0.276 e. The highest BCUT2D eigenvalue weighted by atomic mass is 28.4. The van der Waals surface area contributed by atoms with Gasteiger partial charge in [-0.05, 0) is 48.5 Å². The van der Waals surface area contributed by atoms with Gasteiger partial charge >= 0.3 is 0 Å². The van der Waals surface area contributed by atoms with E-state index in [1.807, 2.05) is 6.07 Å². The SMILES string of the molecule is CN(C(=O)c1ncccc1CO[Si](C)(C)C(C)(C)C)c1ccc(F)cc1. The van der Waals surface area contributed by atoms with Crippen LogP contribution >= 0.6 is 0 Å². The first-order valence-corrected chi connectivity index (χ1v) is 11.6. The molecule has 2 aromatic rings. The minimum absolute atomic E-state index is 0.0876. The predicted molar refractivity (Wildman–Crippen MR) is 105 cm³/mol. The van der Waals surface area contributed by atoms with Crippen molar-refractivity contribution in [3.63, 3.8) is 0 Å². The van der Waals surface area contributed by atoms with Gasteiger partial charge in [0, 0.05) is 24.5 Å². The zero-order chi connectivity index (χ0) is 19.5. The molecule has 140 valence electrons. The van der Waals surface area contributed by atoms with Crippen LogP contribution in [0.4, 0.5) is 10.1 Å². The first-order valence-electron chi connectivity index (χ1n) is 8.64. The van der Waals surface area contributed by atoms with Gasteiger partial charge in [-0.25, -0.2) is 4.39 Å². The van der Waals surface area contributed by atoms with E-state index in [2.05, 4.69) is 38.8 Å². The lowest BCUT2D eigenvalue weighted by molar-refractivity contribution is 0.0985. The summed E-state index contributed by atoms with van der Waals surface area (Å²) in [5.41, 5.74) is 1.73. The Labute approximate surface area is 156 Å². The van der Waals surface area contributed by atoms with Gasteiger partial charge in [0.05, 0.1) is 6.61 Å². The normalized spacial score (nSPS) is 12.1. The first kappa shape index (κ1) is 20.3. The molecule has 0 bridgehead atoms. The van der Waals surface area contributed by atoms with E-state index in [4.69, 9.17) is 4.43 Å². The molecular weight excluding hydrogens is 347 g/mol. The van der Waals surface area contributed by atoms with Crippen molar-refractivity contribution in [3.05, 3.63) is 59.7 Å². The molecule has 6 heteroatoms. The molecule has 0 saturated carbocycles. The Hall–Kier alpha value is -2.05. The largest absolute Gasteiger partial charge is 0.412 e. The molecule has 0 aliphatic carbocycles. The van der Waals surface area contributed by atoms with Gasteiger partial charge in [-0.2, -0.15) is 0 Å². The fraction of sp³-hybridized carbons (Fsp3) is 0.400. The highest BCUT2D eigenvalue weighted by Gasteiger charge is 2.37. The minimum atomic E-state index is -1.94. The molecule has 0 aliphatic heterocycles. The number of hydrogen-bond donors (Lipinski definition) is 0. The van der Waals surface area contributed by atoms with Crippen molar-refractivity contribution in [2.75, 3.05) is 11.9 Å². The second-order valence-electron chi connectivity index (χ2n) is 7.90. The van der Waals surface area contributed by atoms with Crippen LogP contribution in [0.15, 0.2) is 42.6 Å². The molecule has 1 aromatic heterocycles. The zero-order valence-corrected chi connectivity index (χ0v) is 17.3. The average Bonchev–Trinajstić information content (AvgIpc) is 2.59. The molecule has 0 saturated heterocycles. The topological polar surface area (TPSA) is 42.4 Å². The Kier molecular flexibility index (Phi) is 5.98. The fourth-order valence-electron chi connectivity index (χ4n) is 2.16. The number of halogens is 1. The van der Waals surface area contributed by atoms with Gasteiger partial charge in [0.25, 0.3) is 5.91 Å². The van der Waals surface area contributed by atoms with Gasteiger partial charge < -0.3 is 9.33 Å². The summed E-state index contributed by atoms with van der Waals surface area (Å²) < 4.78 is 19.4. The molecule has 1 amide bonds. The van der Waals surface area contributed by atoms with Crippen LogP contribution in [0.5, 0.6) is 0 Å². The van der Waals surface area contributed by atoms with Crippen LogP contribution in [0.2, 0.25) is 18.1 Å². The Morgan fingerprint density at radius 3 is 2.38 bits per heavy atom. The summed E-state index contributed by atoms with van der Waals surface area (Å²) in [4.78, 5) is 18.6. The van der Waals surface area contributed by atoms with E-state index < -0.39 is 8.32 Å². The Balaban J connectivity index is 2.22. The van der Waals surface area contributed by atoms with Crippen molar-refractivity contribution in [1.82, 2.24) is 4.98 Å². The van der Waals surface area contributed by atoms with Crippen LogP contribution in [0, 0.1) is 5.82 Å². The first-order chi connectivity index (χ1) is 12.0. The number of carbonyl (C=O) groups is 1. The van der Waals surface area contributed by atoms with E-state index in [0.29, 0.717) is 18.0 Å². The molecule has 0 aliphatic rings. The molecule has 0 N–H and O–H groups in total. The van der Waals surface area contributed by atoms with Crippen LogP contribution in [-0.4, -0.2) is 26.3 Å². The quantitative estimate of drug-likeness (QED) is 0.690. The minimum Gasteiger partial charge on any atom is -0.412 e. The number of rotatable bonds is 5. The number of anilines is 1. The highest BCUT2D eigenvalue weighted by Crippen LogP contribution is 2.37. The third-order valence-electron chi connectivity index (χ3n) is 5.01. The monoisotopic (exact) mass is 374 g/mol. The van der Waals surface area contributed by atoms with Gasteiger partial charge in [0.2, 0.25) is 0 Å². The number of aromatic nitrogens is 1. The molecule has 0 fully saturated rings. The molecular formula is C20H27FN2O2Si.